The first-order valence-corrected chi connectivity index (χ1v) is 6.44. The molecule has 20 heavy (non-hydrogen) atoms. The third kappa shape index (κ3) is 2.91. The molecule has 1 amide bonds. The predicted octanol–water partition coefficient (Wildman–Crippen LogP) is 0.251. The lowest BCUT2D eigenvalue weighted by Gasteiger charge is -2.39. The van der Waals surface area contributed by atoms with Crippen molar-refractivity contribution in [2.45, 2.75) is 24.9 Å². The van der Waals surface area contributed by atoms with Crippen LogP contribution >= 0.6 is 0 Å². The van der Waals surface area contributed by atoms with Crippen LogP contribution in [0.2, 0.25) is 0 Å². The SMILES string of the molecule is COc1ccc(C[C@@H](N)C(=O)N2CC[C@H]2C(=O)O)cc1. The van der Waals surface area contributed by atoms with E-state index in [1.54, 1.807) is 19.2 Å². The highest BCUT2D eigenvalue weighted by Crippen LogP contribution is 2.19. The summed E-state index contributed by atoms with van der Waals surface area (Å²) in [7, 11) is 1.58. The van der Waals surface area contributed by atoms with E-state index in [0.717, 1.165) is 11.3 Å². The Bertz CT molecular complexity index is 500. The normalized spacial score (nSPS) is 19.1. The zero-order valence-corrected chi connectivity index (χ0v) is 11.3. The lowest BCUT2D eigenvalue weighted by atomic mass is 9.99. The highest BCUT2D eigenvalue weighted by Gasteiger charge is 2.39. The summed E-state index contributed by atoms with van der Waals surface area (Å²) < 4.78 is 5.06. The molecule has 6 heteroatoms. The average Bonchev–Trinajstić information content (AvgIpc) is 2.37. The van der Waals surface area contributed by atoms with E-state index in [1.807, 2.05) is 12.1 Å². The Morgan fingerprint density at radius 2 is 2.10 bits per heavy atom. The van der Waals surface area contributed by atoms with Crippen LogP contribution in [0.5, 0.6) is 5.75 Å². The van der Waals surface area contributed by atoms with Crippen molar-refractivity contribution in [1.29, 1.82) is 0 Å². The average molecular weight is 278 g/mol. The second-order valence-electron chi connectivity index (χ2n) is 4.83. The third-order valence-corrected chi connectivity index (χ3v) is 3.52. The number of carboxylic acid groups (broad SMARTS) is 1. The van der Waals surface area contributed by atoms with Crippen molar-refractivity contribution in [2.75, 3.05) is 13.7 Å². The number of ether oxygens (including phenoxy) is 1. The maximum atomic E-state index is 12.1. The van der Waals surface area contributed by atoms with Gasteiger partial charge in [0.05, 0.1) is 13.2 Å². The van der Waals surface area contributed by atoms with E-state index in [-0.39, 0.29) is 5.91 Å². The Hall–Kier alpha value is -2.08. The third-order valence-electron chi connectivity index (χ3n) is 3.52. The maximum absolute atomic E-state index is 12.1. The van der Waals surface area contributed by atoms with Gasteiger partial charge in [0.2, 0.25) is 5.91 Å². The van der Waals surface area contributed by atoms with Gasteiger partial charge in [-0.25, -0.2) is 4.79 Å². The summed E-state index contributed by atoms with van der Waals surface area (Å²) in [6.45, 7) is 0.464. The Balaban J connectivity index is 1.95. The molecule has 0 radical (unpaired) electrons. The molecule has 2 rings (SSSR count). The molecule has 1 aromatic rings. The molecule has 6 nitrogen and oxygen atoms in total. The van der Waals surface area contributed by atoms with Crippen LogP contribution < -0.4 is 10.5 Å². The van der Waals surface area contributed by atoms with E-state index in [1.165, 1.54) is 4.90 Å². The Morgan fingerprint density at radius 3 is 2.55 bits per heavy atom. The number of nitrogens with two attached hydrogens (primary N) is 1. The first kappa shape index (κ1) is 14.3. The van der Waals surface area contributed by atoms with Gasteiger partial charge in [-0.1, -0.05) is 12.1 Å². The van der Waals surface area contributed by atoms with Crippen molar-refractivity contribution in [3.05, 3.63) is 29.8 Å². The number of benzene rings is 1. The molecule has 1 aliphatic heterocycles. The predicted molar refractivity (Wildman–Crippen MR) is 72.4 cm³/mol. The zero-order valence-electron chi connectivity index (χ0n) is 11.3. The second kappa shape index (κ2) is 5.92. The molecule has 0 bridgehead atoms. The first-order valence-electron chi connectivity index (χ1n) is 6.44. The molecular formula is C14H18N2O4. The van der Waals surface area contributed by atoms with Crippen molar-refractivity contribution in [2.24, 2.45) is 5.73 Å². The number of likely N-dealkylation sites (tertiary alicyclic amines) is 1. The van der Waals surface area contributed by atoms with E-state index in [0.29, 0.717) is 19.4 Å². The van der Waals surface area contributed by atoms with Gasteiger partial charge in [0.1, 0.15) is 11.8 Å². The number of nitrogens with zero attached hydrogens (tertiary/aromatic N) is 1. The van der Waals surface area contributed by atoms with Gasteiger partial charge in [-0.05, 0) is 30.5 Å². The van der Waals surface area contributed by atoms with Crippen LogP contribution in [0.25, 0.3) is 0 Å². The van der Waals surface area contributed by atoms with E-state index in [2.05, 4.69) is 0 Å². The largest absolute Gasteiger partial charge is 0.497 e. The van der Waals surface area contributed by atoms with Gasteiger partial charge in [-0.15, -0.1) is 0 Å². The van der Waals surface area contributed by atoms with E-state index < -0.39 is 18.1 Å². The van der Waals surface area contributed by atoms with Crippen molar-refractivity contribution >= 4 is 11.9 Å². The maximum Gasteiger partial charge on any atom is 0.326 e. The highest BCUT2D eigenvalue weighted by molar-refractivity contribution is 5.88. The Labute approximate surface area is 117 Å². The first-order chi connectivity index (χ1) is 9.52. The number of aliphatic carboxylic acids is 1. The number of hydrogen-bond donors (Lipinski definition) is 2. The standard InChI is InChI=1S/C14H18N2O4/c1-20-10-4-2-9(3-5-10)8-11(15)13(17)16-7-6-12(16)14(18)19/h2-5,11-12H,6-8,15H2,1H3,(H,18,19)/t11-,12+/m1/s1. The fraction of sp³-hybridized carbons (Fsp3) is 0.429. The molecular weight excluding hydrogens is 260 g/mol. The molecule has 108 valence electrons. The van der Waals surface area contributed by atoms with Crippen molar-refractivity contribution in [3.63, 3.8) is 0 Å². The van der Waals surface area contributed by atoms with Gasteiger partial charge in [-0.3, -0.25) is 4.79 Å². The van der Waals surface area contributed by atoms with Crippen molar-refractivity contribution in [3.8, 4) is 5.75 Å². The van der Waals surface area contributed by atoms with Gasteiger partial charge < -0.3 is 20.5 Å². The lowest BCUT2D eigenvalue weighted by molar-refractivity contribution is -0.157. The number of amides is 1. The van der Waals surface area contributed by atoms with E-state index >= 15 is 0 Å². The van der Waals surface area contributed by atoms with E-state index in [9.17, 15) is 9.59 Å². The molecule has 0 spiro atoms. The van der Waals surface area contributed by atoms with Crippen LogP contribution in [-0.2, 0) is 16.0 Å². The van der Waals surface area contributed by atoms with Gasteiger partial charge in [0.25, 0.3) is 0 Å². The lowest BCUT2D eigenvalue weighted by Crippen LogP contribution is -2.59. The quantitative estimate of drug-likeness (QED) is 0.805. The fourth-order valence-corrected chi connectivity index (χ4v) is 2.22. The summed E-state index contributed by atoms with van der Waals surface area (Å²) in [6, 6.07) is 5.86. The summed E-state index contributed by atoms with van der Waals surface area (Å²) in [5.74, 6) is -0.539. The van der Waals surface area contributed by atoms with Crippen LogP contribution in [0.4, 0.5) is 0 Å². The molecule has 2 atom stereocenters. The highest BCUT2D eigenvalue weighted by atomic mass is 16.5. The number of rotatable bonds is 5. The topological polar surface area (TPSA) is 92.9 Å². The summed E-state index contributed by atoms with van der Waals surface area (Å²) in [5.41, 5.74) is 6.79. The van der Waals surface area contributed by atoms with Gasteiger partial charge >= 0.3 is 5.97 Å². The van der Waals surface area contributed by atoms with Crippen molar-refractivity contribution < 1.29 is 19.4 Å². The summed E-state index contributed by atoms with van der Waals surface area (Å²) in [5, 5.41) is 8.93. The molecule has 3 N–H and O–H groups in total. The summed E-state index contributed by atoms with van der Waals surface area (Å²) >= 11 is 0. The van der Waals surface area contributed by atoms with Crippen LogP contribution in [-0.4, -0.2) is 47.6 Å². The molecule has 1 fully saturated rings. The van der Waals surface area contributed by atoms with Crippen LogP contribution in [0.15, 0.2) is 24.3 Å². The minimum atomic E-state index is -0.971. The monoisotopic (exact) mass is 278 g/mol. The Kier molecular flexibility index (Phi) is 4.24. The van der Waals surface area contributed by atoms with Gasteiger partial charge in [0.15, 0.2) is 0 Å². The van der Waals surface area contributed by atoms with Gasteiger partial charge in [0, 0.05) is 6.54 Å². The number of carboxylic acids is 1. The minimum Gasteiger partial charge on any atom is -0.497 e. The molecule has 0 unspecified atom stereocenters. The zero-order chi connectivity index (χ0) is 14.7. The molecule has 0 aromatic heterocycles. The van der Waals surface area contributed by atoms with Crippen LogP contribution in [0.1, 0.15) is 12.0 Å². The molecule has 1 saturated heterocycles. The fourth-order valence-electron chi connectivity index (χ4n) is 2.22. The summed E-state index contributed by atoms with van der Waals surface area (Å²) in [6.07, 6.45) is 0.877. The smallest absolute Gasteiger partial charge is 0.326 e. The number of hydrogen-bond acceptors (Lipinski definition) is 4. The van der Waals surface area contributed by atoms with Crippen LogP contribution in [0.3, 0.4) is 0 Å². The molecule has 0 saturated carbocycles. The van der Waals surface area contributed by atoms with Gasteiger partial charge in [-0.2, -0.15) is 0 Å². The van der Waals surface area contributed by atoms with E-state index in [4.69, 9.17) is 15.6 Å². The van der Waals surface area contributed by atoms with Crippen LogP contribution in [0, 0.1) is 0 Å². The number of carbonyl (C=O) groups is 2. The molecule has 1 heterocycles. The Morgan fingerprint density at radius 1 is 1.45 bits per heavy atom. The summed E-state index contributed by atoms with van der Waals surface area (Å²) in [4.78, 5) is 24.3. The molecule has 0 aliphatic carbocycles. The minimum absolute atomic E-state index is 0.306. The number of methoxy groups -OCH3 is 1. The second-order valence-corrected chi connectivity index (χ2v) is 4.83. The molecule has 1 aliphatic rings. The molecule has 1 aromatic carbocycles. The van der Waals surface area contributed by atoms with Crippen molar-refractivity contribution in [1.82, 2.24) is 4.90 Å². The number of carbonyl (C=O) groups excluding carboxylic acids is 1.